The van der Waals surface area contributed by atoms with Gasteiger partial charge in [-0.2, -0.15) is 0 Å². The quantitative estimate of drug-likeness (QED) is 0.620. The van der Waals surface area contributed by atoms with Gasteiger partial charge in [-0.25, -0.2) is 9.79 Å². The Hall–Kier alpha value is -2.27. The largest absolute Gasteiger partial charge is 0.402 e. The first-order chi connectivity index (χ1) is 10.1. The number of aromatic nitrogens is 1. The number of aliphatic imine (C=N–C) groups is 1. The Bertz CT molecular complexity index is 767. The third-order valence-electron chi connectivity index (χ3n) is 3.01. The van der Waals surface area contributed by atoms with E-state index in [1.807, 2.05) is 31.2 Å². The van der Waals surface area contributed by atoms with Crippen molar-refractivity contribution in [2.45, 2.75) is 6.92 Å². The van der Waals surface area contributed by atoms with Gasteiger partial charge in [0.25, 0.3) is 0 Å². The summed E-state index contributed by atoms with van der Waals surface area (Å²) in [7, 11) is 0. The molecule has 2 aromatic rings. The number of hydrogen-bond donors (Lipinski definition) is 0. The number of pyridine rings is 1. The third-order valence-corrected chi connectivity index (χ3v) is 3.90. The van der Waals surface area contributed by atoms with E-state index in [0.29, 0.717) is 5.90 Å². The van der Waals surface area contributed by atoms with Crippen molar-refractivity contribution in [1.29, 1.82) is 0 Å². The number of carbonyl (C=O) groups excluding carboxylic acids is 1. The number of cyclic esters (lactones) is 1. The van der Waals surface area contributed by atoms with Gasteiger partial charge in [0.15, 0.2) is 5.70 Å². The fourth-order valence-electron chi connectivity index (χ4n) is 1.93. The summed E-state index contributed by atoms with van der Waals surface area (Å²) >= 11 is 3.44. The highest BCUT2D eigenvalue weighted by Crippen LogP contribution is 2.22. The lowest BCUT2D eigenvalue weighted by molar-refractivity contribution is -0.129. The second kappa shape index (κ2) is 5.61. The number of aryl methyl sites for hydroxylation is 1. The van der Waals surface area contributed by atoms with Crippen molar-refractivity contribution in [1.82, 2.24) is 4.98 Å². The molecule has 0 spiro atoms. The molecule has 0 N–H and O–H groups in total. The van der Waals surface area contributed by atoms with Gasteiger partial charge in [-0.05, 0) is 48.4 Å². The molecule has 0 radical (unpaired) electrons. The molecular formula is C16H11BrN2O2. The van der Waals surface area contributed by atoms with E-state index in [1.54, 1.807) is 24.5 Å². The Kier molecular flexibility index (Phi) is 3.66. The molecule has 1 aromatic heterocycles. The van der Waals surface area contributed by atoms with E-state index in [2.05, 4.69) is 25.9 Å². The van der Waals surface area contributed by atoms with Gasteiger partial charge in [-0.3, -0.25) is 4.98 Å². The van der Waals surface area contributed by atoms with Gasteiger partial charge in [0.2, 0.25) is 5.90 Å². The number of nitrogens with zero attached hydrogens (tertiary/aromatic N) is 2. The van der Waals surface area contributed by atoms with E-state index in [9.17, 15) is 4.79 Å². The van der Waals surface area contributed by atoms with Crippen molar-refractivity contribution in [2.24, 2.45) is 4.99 Å². The van der Waals surface area contributed by atoms with Crippen molar-refractivity contribution in [3.63, 3.8) is 0 Å². The molecule has 2 heterocycles. The minimum absolute atomic E-state index is 0.276. The highest BCUT2D eigenvalue weighted by Gasteiger charge is 2.24. The van der Waals surface area contributed by atoms with E-state index in [0.717, 1.165) is 21.2 Å². The Morgan fingerprint density at radius 1 is 1.29 bits per heavy atom. The first-order valence-electron chi connectivity index (χ1n) is 6.32. The molecule has 0 saturated carbocycles. The predicted octanol–water partition coefficient (Wildman–Crippen LogP) is 3.50. The summed E-state index contributed by atoms with van der Waals surface area (Å²) < 4.78 is 6.24. The number of esters is 1. The van der Waals surface area contributed by atoms with E-state index >= 15 is 0 Å². The predicted molar refractivity (Wildman–Crippen MR) is 83.7 cm³/mol. The van der Waals surface area contributed by atoms with Gasteiger partial charge in [-0.1, -0.05) is 22.0 Å². The summed E-state index contributed by atoms with van der Waals surface area (Å²) in [4.78, 5) is 20.1. The first-order valence-corrected chi connectivity index (χ1v) is 7.12. The van der Waals surface area contributed by atoms with Crippen LogP contribution >= 0.6 is 15.9 Å². The Labute approximate surface area is 130 Å². The molecule has 0 amide bonds. The molecule has 0 fully saturated rings. The average molecular weight is 343 g/mol. The molecular weight excluding hydrogens is 332 g/mol. The highest BCUT2D eigenvalue weighted by molar-refractivity contribution is 9.10. The summed E-state index contributed by atoms with van der Waals surface area (Å²) in [6.07, 6.45) is 5.00. The van der Waals surface area contributed by atoms with Gasteiger partial charge >= 0.3 is 5.97 Å². The van der Waals surface area contributed by atoms with Crippen LogP contribution < -0.4 is 0 Å². The van der Waals surface area contributed by atoms with Crippen LogP contribution in [0.5, 0.6) is 0 Å². The fourth-order valence-corrected chi connectivity index (χ4v) is 2.18. The summed E-state index contributed by atoms with van der Waals surface area (Å²) in [6, 6.07) is 9.34. The fraction of sp³-hybridized carbons (Fsp3) is 0.0625. The zero-order valence-electron chi connectivity index (χ0n) is 11.2. The molecule has 0 bridgehead atoms. The zero-order valence-corrected chi connectivity index (χ0v) is 12.8. The van der Waals surface area contributed by atoms with Crippen LogP contribution in [0, 0.1) is 6.92 Å². The van der Waals surface area contributed by atoms with Crippen molar-refractivity contribution in [3.8, 4) is 0 Å². The van der Waals surface area contributed by atoms with Crippen LogP contribution in [0.2, 0.25) is 0 Å². The SMILES string of the molecule is Cc1cc(C2=N/C(=C/c3cccnc3)C(=O)O2)ccc1Br. The number of carbonyl (C=O) groups is 1. The topological polar surface area (TPSA) is 51.5 Å². The van der Waals surface area contributed by atoms with Gasteiger partial charge < -0.3 is 4.74 Å². The van der Waals surface area contributed by atoms with Crippen LogP contribution in [0.25, 0.3) is 6.08 Å². The Morgan fingerprint density at radius 2 is 2.14 bits per heavy atom. The van der Waals surface area contributed by atoms with Crippen LogP contribution in [0.3, 0.4) is 0 Å². The molecule has 0 saturated heterocycles. The molecule has 1 aliphatic rings. The molecule has 0 atom stereocenters. The molecule has 0 aliphatic carbocycles. The number of halogens is 1. The second-order valence-electron chi connectivity index (χ2n) is 4.59. The van der Waals surface area contributed by atoms with E-state index < -0.39 is 5.97 Å². The van der Waals surface area contributed by atoms with E-state index in [-0.39, 0.29) is 5.70 Å². The van der Waals surface area contributed by atoms with Gasteiger partial charge in [0.1, 0.15) is 0 Å². The van der Waals surface area contributed by atoms with Crippen molar-refractivity contribution >= 4 is 33.9 Å². The van der Waals surface area contributed by atoms with Crippen molar-refractivity contribution < 1.29 is 9.53 Å². The third kappa shape index (κ3) is 2.92. The smallest absolute Gasteiger partial charge is 0.363 e. The lowest BCUT2D eigenvalue weighted by atomic mass is 10.1. The molecule has 104 valence electrons. The number of hydrogen-bond acceptors (Lipinski definition) is 4. The lowest BCUT2D eigenvalue weighted by Gasteiger charge is -2.02. The molecule has 1 aliphatic heterocycles. The van der Waals surface area contributed by atoms with E-state index in [4.69, 9.17) is 4.74 Å². The summed E-state index contributed by atoms with van der Waals surface area (Å²) in [6.45, 7) is 1.97. The van der Waals surface area contributed by atoms with Crippen LogP contribution in [0.4, 0.5) is 0 Å². The Morgan fingerprint density at radius 3 is 2.86 bits per heavy atom. The zero-order chi connectivity index (χ0) is 14.8. The number of benzene rings is 1. The van der Waals surface area contributed by atoms with Gasteiger partial charge in [0.05, 0.1) is 0 Å². The van der Waals surface area contributed by atoms with Gasteiger partial charge in [-0.15, -0.1) is 0 Å². The minimum Gasteiger partial charge on any atom is -0.402 e. The molecule has 3 rings (SSSR count). The summed E-state index contributed by atoms with van der Waals surface area (Å²) in [5.41, 5.74) is 2.91. The molecule has 0 unspecified atom stereocenters. The monoisotopic (exact) mass is 342 g/mol. The molecule has 5 heteroatoms. The van der Waals surface area contributed by atoms with Crippen LogP contribution in [0.1, 0.15) is 16.7 Å². The highest BCUT2D eigenvalue weighted by atomic mass is 79.9. The maximum absolute atomic E-state index is 11.9. The maximum Gasteiger partial charge on any atom is 0.363 e. The summed E-state index contributed by atoms with van der Waals surface area (Å²) in [5, 5.41) is 0. The average Bonchev–Trinajstić information content (AvgIpc) is 2.84. The van der Waals surface area contributed by atoms with Crippen molar-refractivity contribution in [3.05, 3.63) is 69.6 Å². The second-order valence-corrected chi connectivity index (χ2v) is 5.44. The first kappa shape index (κ1) is 13.7. The van der Waals surface area contributed by atoms with Crippen molar-refractivity contribution in [2.75, 3.05) is 0 Å². The number of ether oxygens (including phenoxy) is 1. The molecule has 4 nitrogen and oxygen atoms in total. The van der Waals surface area contributed by atoms with Gasteiger partial charge in [0, 0.05) is 22.4 Å². The standard InChI is InChI=1S/C16H11BrN2O2/c1-10-7-12(4-5-13(10)17)15-19-14(16(20)21-15)8-11-3-2-6-18-9-11/h2-9H,1H3/b14-8+. The molecule has 21 heavy (non-hydrogen) atoms. The van der Waals surface area contributed by atoms with Crippen LogP contribution in [-0.2, 0) is 9.53 Å². The summed E-state index contributed by atoms with van der Waals surface area (Å²) in [5.74, 6) is -0.125. The maximum atomic E-state index is 11.9. The normalized spacial score (nSPS) is 16.0. The van der Waals surface area contributed by atoms with E-state index in [1.165, 1.54) is 0 Å². The van der Waals surface area contributed by atoms with Crippen LogP contribution in [-0.4, -0.2) is 16.9 Å². The number of rotatable bonds is 2. The van der Waals surface area contributed by atoms with Crippen LogP contribution in [0.15, 0.2) is 57.9 Å². The lowest BCUT2D eigenvalue weighted by Crippen LogP contribution is -2.05. The minimum atomic E-state index is -0.450. The Balaban J connectivity index is 1.95. The molecule has 1 aromatic carbocycles.